The van der Waals surface area contributed by atoms with Crippen LogP contribution in [0, 0.1) is 10.1 Å². The Hall–Kier alpha value is -3.60. The van der Waals surface area contributed by atoms with E-state index in [1.807, 2.05) is 6.20 Å². The van der Waals surface area contributed by atoms with Gasteiger partial charge in [0.1, 0.15) is 11.6 Å². The highest BCUT2D eigenvalue weighted by Gasteiger charge is 2.19. The summed E-state index contributed by atoms with van der Waals surface area (Å²) in [6.07, 6.45) is 3.48. The standard InChI is InChI=1S/C17H14N4O6S/c1-20-7-12(6-18-20)15-19-13(9-28-15)8-27-17(23)11-3-10(16(22)26-2)4-14(5-11)21(24)25/h3-7,9H,8H2,1-2H3. The molecule has 3 aromatic rings. The summed E-state index contributed by atoms with van der Waals surface area (Å²) < 4.78 is 11.4. The van der Waals surface area contributed by atoms with Crippen molar-refractivity contribution in [1.29, 1.82) is 0 Å². The third kappa shape index (κ3) is 4.20. The minimum atomic E-state index is -0.815. The van der Waals surface area contributed by atoms with E-state index in [2.05, 4.69) is 14.8 Å². The summed E-state index contributed by atoms with van der Waals surface area (Å²) in [5.41, 5.74) is 0.707. The summed E-state index contributed by atoms with van der Waals surface area (Å²) in [5, 5.41) is 17.6. The van der Waals surface area contributed by atoms with E-state index in [1.54, 1.807) is 23.3 Å². The average Bonchev–Trinajstić information content (AvgIpc) is 3.33. The van der Waals surface area contributed by atoms with E-state index in [0.717, 1.165) is 29.8 Å². The number of ether oxygens (including phenoxy) is 2. The van der Waals surface area contributed by atoms with Crippen LogP contribution >= 0.6 is 11.3 Å². The Balaban J connectivity index is 1.74. The molecule has 0 aliphatic carbocycles. The third-order valence-electron chi connectivity index (χ3n) is 3.64. The molecule has 2 heterocycles. The molecule has 0 saturated heterocycles. The summed E-state index contributed by atoms with van der Waals surface area (Å²) in [4.78, 5) is 38.7. The van der Waals surface area contributed by atoms with Gasteiger partial charge in [-0.05, 0) is 6.07 Å². The maximum atomic E-state index is 12.3. The van der Waals surface area contributed by atoms with Crippen molar-refractivity contribution in [3.05, 3.63) is 62.9 Å². The molecule has 144 valence electrons. The van der Waals surface area contributed by atoms with Crippen LogP contribution in [0.25, 0.3) is 10.6 Å². The number of carbonyl (C=O) groups excluding carboxylic acids is 2. The molecule has 10 nitrogen and oxygen atoms in total. The number of methoxy groups -OCH3 is 1. The molecule has 0 unspecified atom stereocenters. The number of carbonyl (C=O) groups is 2. The van der Waals surface area contributed by atoms with Crippen LogP contribution in [0.4, 0.5) is 5.69 Å². The number of esters is 2. The fourth-order valence-corrected chi connectivity index (χ4v) is 3.11. The zero-order valence-electron chi connectivity index (χ0n) is 14.8. The van der Waals surface area contributed by atoms with Gasteiger partial charge in [0.15, 0.2) is 0 Å². The SMILES string of the molecule is COC(=O)c1cc(C(=O)OCc2csc(-c3cnn(C)c3)n2)cc([N+](=O)[O-])c1. The van der Waals surface area contributed by atoms with Gasteiger partial charge in [0, 0.05) is 36.3 Å². The monoisotopic (exact) mass is 402 g/mol. The summed E-state index contributed by atoms with van der Waals surface area (Å²) >= 11 is 1.37. The Labute approximate surface area is 162 Å². The first-order valence-corrected chi connectivity index (χ1v) is 8.73. The van der Waals surface area contributed by atoms with Crippen LogP contribution in [-0.2, 0) is 23.1 Å². The second-order valence-electron chi connectivity index (χ2n) is 5.64. The highest BCUT2D eigenvalue weighted by molar-refractivity contribution is 7.13. The number of aromatic nitrogens is 3. The number of benzene rings is 1. The molecule has 1 aromatic carbocycles. The fraction of sp³-hybridized carbons (Fsp3) is 0.176. The summed E-state index contributed by atoms with van der Waals surface area (Å²) in [5.74, 6) is -1.61. The summed E-state index contributed by atoms with van der Waals surface area (Å²) in [6, 6.07) is 3.25. The first-order chi connectivity index (χ1) is 13.4. The fourth-order valence-electron chi connectivity index (χ4n) is 2.33. The number of rotatable bonds is 6. The predicted octanol–water partition coefficient (Wildman–Crippen LogP) is 2.60. The molecule has 0 N–H and O–H groups in total. The van der Waals surface area contributed by atoms with Crippen LogP contribution in [0.3, 0.4) is 0 Å². The van der Waals surface area contributed by atoms with Crippen LogP contribution in [0.15, 0.2) is 36.0 Å². The second-order valence-corrected chi connectivity index (χ2v) is 6.50. The highest BCUT2D eigenvalue weighted by Crippen LogP contribution is 2.24. The van der Waals surface area contributed by atoms with Gasteiger partial charge in [0.05, 0.1) is 35.1 Å². The molecule has 0 amide bonds. The lowest BCUT2D eigenvalue weighted by atomic mass is 10.1. The number of aryl methyl sites for hydroxylation is 1. The van der Waals surface area contributed by atoms with E-state index in [-0.39, 0.29) is 17.7 Å². The Morgan fingerprint density at radius 3 is 2.57 bits per heavy atom. The lowest BCUT2D eigenvalue weighted by Crippen LogP contribution is -2.09. The number of nitro benzene ring substituents is 1. The topological polar surface area (TPSA) is 126 Å². The van der Waals surface area contributed by atoms with Gasteiger partial charge < -0.3 is 9.47 Å². The number of nitrogens with zero attached hydrogens (tertiary/aromatic N) is 4. The van der Waals surface area contributed by atoms with Gasteiger partial charge in [-0.15, -0.1) is 11.3 Å². The van der Waals surface area contributed by atoms with E-state index in [0.29, 0.717) is 5.69 Å². The first-order valence-electron chi connectivity index (χ1n) is 7.85. The molecule has 0 fully saturated rings. The molecule has 3 rings (SSSR count). The van der Waals surface area contributed by atoms with E-state index in [9.17, 15) is 19.7 Å². The van der Waals surface area contributed by atoms with Crippen LogP contribution < -0.4 is 0 Å². The molecule has 0 radical (unpaired) electrons. The number of non-ortho nitro benzene ring substituents is 1. The van der Waals surface area contributed by atoms with Crippen LogP contribution in [0.1, 0.15) is 26.4 Å². The molecule has 0 aliphatic rings. The summed E-state index contributed by atoms with van der Waals surface area (Å²) in [6.45, 7) is -0.119. The molecular formula is C17H14N4O6S. The molecule has 2 aromatic heterocycles. The average molecular weight is 402 g/mol. The zero-order chi connectivity index (χ0) is 20.3. The quantitative estimate of drug-likeness (QED) is 0.350. The van der Waals surface area contributed by atoms with Crippen molar-refractivity contribution in [2.24, 2.45) is 7.05 Å². The first kappa shape index (κ1) is 19.2. The minimum absolute atomic E-state index is 0.115. The smallest absolute Gasteiger partial charge is 0.338 e. The molecule has 28 heavy (non-hydrogen) atoms. The van der Waals surface area contributed by atoms with E-state index in [4.69, 9.17) is 4.74 Å². The van der Waals surface area contributed by atoms with Gasteiger partial charge in [-0.25, -0.2) is 14.6 Å². The van der Waals surface area contributed by atoms with Crippen LogP contribution in [0.2, 0.25) is 0 Å². The van der Waals surface area contributed by atoms with Gasteiger partial charge in [0.25, 0.3) is 5.69 Å². The number of nitro groups is 1. The predicted molar refractivity (Wildman–Crippen MR) is 97.9 cm³/mol. The molecule has 0 atom stereocenters. The second kappa shape index (κ2) is 7.96. The van der Waals surface area contributed by atoms with E-state index in [1.165, 1.54) is 17.4 Å². The number of thiazole rings is 1. The summed E-state index contributed by atoms with van der Waals surface area (Å²) in [7, 11) is 2.93. The van der Waals surface area contributed by atoms with Gasteiger partial charge in [-0.3, -0.25) is 14.8 Å². The van der Waals surface area contributed by atoms with Crippen molar-refractivity contribution in [2.45, 2.75) is 6.61 Å². The maximum Gasteiger partial charge on any atom is 0.338 e. The van der Waals surface area contributed by atoms with Crippen molar-refractivity contribution < 1.29 is 24.0 Å². The van der Waals surface area contributed by atoms with Gasteiger partial charge in [0.2, 0.25) is 0 Å². The van der Waals surface area contributed by atoms with Gasteiger partial charge in [-0.1, -0.05) is 0 Å². The van der Waals surface area contributed by atoms with Gasteiger partial charge >= 0.3 is 11.9 Å². The Morgan fingerprint density at radius 2 is 1.96 bits per heavy atom. The Bertz CT molecular complexity index is 1060. The lowest BCUT2D eigenvalue weighted by Gasteiger charge is -2.05. The molecule has 0 aliphatic heterocycles. The van der Waals surface area contributed by atoms with Crippen molar-refractivity contribution in [3.8, 4) is 10.6 Å². The van der Waals surface area contributed by atoms with Crippen molar-refractivity contribution in [1.82, 2.24) is 14.8 Å². The van der Waals surface area contributed by atoms with E-state index >= 15 is 0 Å². The Kier molecular flexibility index (Phi) is 5.45. The molecule has 0 bridgehead atoms. The molecular weight excluding hydrogens is 388 g/mol. The third-order valence-corrected chi connectivity index (χ3v) is 4.58. The lowest BCUT2D eigenvalue weighted by molar-refractivity contribution is -0.384. The number of hydrogen-bond acceptors (Lipinski definition) is 9. The highest BCUT2D eigenvalue weighted by atomic mass is 32.1. The normalized spacial score (nSPS) is 10.5. The van der Waals surface area contributed by atoms with Crippen LogP contribution in [-0.4, -0.2) is 38.7 Å². The number of hydrogen-bond donors (Lipinski definition) is 0. The molecule has 11 heteroatoms. The molecule has 0 saturated carbocycles. The van der Waals surface area contributed by atoms with Crippen molar-refractivity contribution in [2.75, 3.05) is 7.11 Å². The van der Waals surface area contributed by atoms with Crippen molar-refractivity contribution >= 4 is 29.0 Å². The molecule has 0 spiro atoms. The van der Waals surface area contributed by atoms with Gasteiger partial charge in [-0.2, -0.15) is 5.10 Å². The zero-order valence-corrected chi connectivity index (χ0v) is 15.6. The van der Waals surface area contributed by atoms with E-state index < -0.39 is 22.5 Å². The Morgan fingerprint density at radius 1 is 1.25 bits per heavy atom. The minimum Gasteiger partial charge on any atom is -0.465 e. The largest absolute Gasteiger partial charge is 0.465 e. The maximum absolute atomic E-state index is 12.3. The van der Waals surface area contributed by atoms with Crippen LogP contribution in [0.5, 0.6) is 0 Å². The van der Waals surface area contributed by atoms with Crippen molar-refractivity contribution in [3.63, 3.8) is 0 Å².